The Hall–Kier alpha value is -1.56. The lowest BCUT2D eigenvalue weighted by Gasteiger charge is -2.29. The van der Waals surface area contributed by atoms with E-state index >= 15 is 0 Å². The number of hydrogen-bond acceptors (Lipinski definition) is 2. The van der Waals surface area contributed by atoms with Gasteiger partial charge in [0.1, 0.15) is 17.4 Å². The zero-order chi connectivity index (χ0) is 11.1. The molecule has 1 saturated carbocycles. The van der Waals surface area contributed by atoms with Crippen molar-refractivity contribution in [1.29, 1.82) is 5.26 Å². The van der Waals surface area contributed by atoms with Crippen LogP contribution in [0, 0.1) is 23.1 Å². The Morgan fingerprint density at radius 3 is 2.88 bits per heavy atom. The van der Waals surface area contributed by atoms with E-state index in [9.17, 15) is 4.39 Å². The predicted molar refractivity (Wildman–Crippen MR) is 59.6 cm³/mol. The van der Waals surface area contributed by atoms with Crippen LogP contribution in [0.3, 0.4) is 0 Å². The van der Waals surface area contributed by atoms with E-state index < -0.39 is 5.82 Å². The molecule has 1 heterocycles. The van der Waals surface area contributed by atoms with Gasteiger partial charge < -0.3 is 4.90 Å². The van der Waals surface area contributed by atoms with Crippen LogP contribution in [0.5, 0.6) is 0 Å². The summed E-state index contributed by atoms with van der Waals surface area (Å²) in [5.74, 6) is 0.350. The summed E-state index contributed by atoms with van der Waals surface area (Å²) in [6.07, 6.45) is 3.69. The molecule has 2 fully saturated rings. The van der Waals surface area contributed by atoms with E-state index in [-0.39, 0.29) is 5.56 Å². The van der Waals surface area contributed by atoms with Gasteiger partial charge in [-0.2, -0.15) is 5.26 Å². The number of hydrogen-bond donors (Lipinski definition) is 0. The topological polar surface area (TPSA) is 27.0 Å². The van der Waals surface area contributed by atoms with Crippen LogP contribution in [0.1, 0.15) is 24.8 Å². The number of rotatable bonds is 1. The van der Waals surface area contributed by atoms with E-state index in [1.54, 1.807) is 6.07 Å². The Kier molecular flexibility index (Phi) is 2.10. The third kappa shape index (κ3) is 1.30. The molecule has 0 N–H and O–H groups in total. The fourth-order valence-corrected chi connectivity index (χ4v) is 3.08. The second-order valence-corrected chi connectivity index (χ2v) is 4.73. The molecule has 2 atom stereocenters. The highest BCUT2D eigenvalue weighted by Gasteiger charge is 2.38. The van der Waals surface area contributed by atoms with Gasteiger partial charge in [0.25, 0.3) is 0 Å². The van der Waals surface area contributed by atoms with Crippen LogP contribution in [0.2, 0.25) is 0 Å². The maximum absolute atomic E-state index is 13.5. The maximum atomic E-state index is 13.5. The van der Waals surface area contributed by atoms with Crippen molar-refractivity contribution in [3.05, 3.63) is 29.6 Å². The van der Waals surface area contributed by atoms with Gasteiger partial charge in [-0.05, 0) is 37.3 Å². The monoisotopic (exact) mass is 216 g/mol. The Balaban J connectivity index is 2.01. The highest BCUT2D eigenvalue weighted by Crippen LogP contribution is 2.41. The molecule has 0 amide bonds. The van der Waals surface area contributed by atoms with Crippen molar-refractivity contribution in [3.63, 3.8) is 0 Å². The molecule has 0 aromatic heterocycles. The molecule has 2 nitrogen and oxygen atoms in total. The van der Waals surface area contributed by atoms with Crippen molar-refractivity contribution in [2.75, 3.05) is 11.4 Å². The van der Waals surface area contributed by atoms with Gasteiger partial charge in [0.05, 0.1) is 5.69 Å². The Morgan fingerprint density at radius 1 is 1.38 bits per heavy atom. The molecule has 82 valence electrons. The molecule has 1 aromatic rings. The normalized spacial score (nSPS) is 27.1. The van der Waals surface area contributed by atoms with Crippen LogP contribution in [0.4, 0.5) is 10.1 Å². The van der Waals surface area contributed by atoms with Gasteiger partial charge in [0.2, 0.25) is 0 Å². The van der Waals surface area contributed by atoms with Crippen LogP contribution in [0.25, 0.3) is 0 Å². The summed E-state index contributed by atoms with van der Waals surface area (Å²) in [4.78, 5) is 2.22. The number of nitriles is 1. The highest BCUT2D eigenvalue weighted by molar-refractivity contribution is 5.61. The fraction of sp³-hybridized carbons (Fsp3) is 0.462. The molecular weight excluding hydrogens is 203 g/mol. The minimum absolute atomic E-state index is 0.204. The molecule has 2 unspecified atom stereocenters. The second-order valence-electron chi connectivity index (χ2n) is 4.73. The summed E-state index contributed by atoms with van der Waals surface area (Å²) >= 11 is 0. The number of benzene rings is 1. The summed E-state index contributed by atoms with van der Waals surface area (Å²) < 4.78 is 13.5. The van der Waals surface area contributed by atoms with Gasteiger partial charge in [0.15, 0.2) is 0 Å². The van der Waals surface area contributed by atoms with Gasteiger partial charge in [-0.3, -0.25) is 0 Å². The smallest absolute Gasteiger partial charge is 0.143 e. The first-order valence-electron chi connectivity index (χ1n) is 5.75. The Labute approximate surface area is 94.3 Å². The molecular formula is C13H13FN2. The van der Waals surface area contributed by atoms with E-state index in [1.165, 1.54) is 25.3 Å². The molecule has 0 spiro atoms. The lowest BCUT2D eigenvalue weighted by Crippen LogP contribution is -2.32. The van der Waals surface area contributed by atoms with Gasteiger partial charge in [-0.15, -0.1) is 0 Å². The van der Waals surface area contributed by atoms with E-state index in [1.807, 2.05) is 12.1 Å². The summed E-state index contributed by atoms with van der Waals surface area (Å²) in [7, 11) is 0. The standard InChI is InChI=1S/C13H13FN2/c14-12-2-1-3-13(11(12)7-15)16-8-9-4-5-10(16)6-9/h1-3,9-10H,4-6,8H2. The summed E-state index contributed by atoms with van der Waals surface area (Å²) in [5, 5.41) is 9.01. The van der Waals surface area contributed by atoms with Gasteiger partial charge >= 0.3 is 0 Å². The van der Waals surface area contributed by atoms with E-state index in [2.05, 4.69) is 4.90 Å². The molecule has 1 aliphatic heterocycles. The fourth-order valence-electron chi connectivity index (χ4n) is 3.08. The maximum Gasteiger partial charge on any atom is 0.143 e. The summed E-state index contributed by atoms with van der Waals surface area (Å²) in [6.45, 7) is 0.989. The quantitative estimate of drug-likeness (QED) is 0.721. The van der Waals surface area contributed by atoms with Crippen LogP contribution >= 0.6 is 0 Å². The zero-order valence-electron chi connectivity index (χ0n) is 8.99. The number of fused-ring (bicyclic) bond motifs is 2. The third-order valence-corrected chi connectivity index (χ3v) is 3.82. The first kappa shape index (κ1) is 9.65. The van der Waals surface area contributed by atoms with Gasteiger partial charge in [-0.1, -0.05) is 6.07 Å². The van der Waals surface area contributed by atoms with Crippen LogP contribution in [-0.2, 0) is 0 Å². The molecule has 2 bridgehead atoms. The SMILES string of the molecule is N#Cc1c(F)cccc1N1CC2CCC1C2. The minimum Gasteiger partial charge on any atom is -0.367 e. The van der Waals surface area contributed by atoms with Crippen molar-refractivity contribution in [2.24, 2.45) is 5.92 Å². The molecule has 0 radical (unpaired) electrons. The van der Waals surface area contributed by atoms with Crippen molar-refractivity contribution < 1.29 is 4.39 Å². The third-order valence-electron chi connectivity index (χ3n) is 3.82. The molecule has 3 rings (SSSR count). The molecule has 1 saturated heterocycles. The molecule has 1 aromatic carbocycles. The average molecular weight is 216 g/mol. The van der Waals surface area contributed by atoms with Crippen molar-refractivity contribution in [2.45, 2.75) is 25.3 Å². The number of anilines is 1. The molecule has 1 aliphatic carbocycles. The number of nitrogens with zero attached hydrogens (tertiary/aromatic N) is 2. The van der Waals surface area contributed by atoms with Crippen molar-refractivity contribution in [3.8, 4) is 6.07 Å². The van der Waals surface area contributed by atoms with E-state index in [0.29, 0.717) is 6.04 Å². The number of halogens is 1. The van der Waals surface area contributed by atoms with Gasteiger partial charge in [0, 0.05) is 12.6 Å². The minimum atomic E-state index is -0.400. The van der Waals surface area contributed by atoms with E-state index in [4.69, 9.17) is 5.26 Å². The molecule has 2 aliphatic rings. The van der Waals surface area contributed by atoms with Gasteiger partial charge in [-0.25, -0.2) is 4.39 Å². The molecule has 3 heteroatoms. The Bertz CT molecular complexity index is 463. The van der Waals surface area contributed by atoms with Crippen molar-refractivity contribution >= 4 is 5.69 Å². The first-order chi connectivity index (χ1) is 7.79. The summed E-state index contributed by atoms with van der Waals surface area (Å²) in [6, 6.07) is 7.42. The Morgan fingerprint density at radius 2 is 2.25 bits per heavy atom. The van der Waals surface area contributed by atoms with Crippen LogP contribution in [0.15, 0.2) is 18.2 Å². The molecule has 16 heavy (non-hydrogen) atoms. The van der Waals surface area contributed by atoms with E-state index in [0.717, 1.165) is 18.2 Å². The lowest BCUT2D eigenvalue weighted by molar-refractivity contribution is 0.551. The van der Waals surface area contributed by atoms with Crippen LogP contribution in [-0.4, -0.2) is 12.6 Å². The summed E-state index contributed by atoms with van der Waals surface area (Å²) in [5.41, 5.74) is 0.991. The average Bonchev–Trinajstić information content (AvgIpc) is 2.90. The van der Waals surface area contributed by atoms with Crippen molar-refractivity contribution in [1.82, 2.24) is 0 Å². The number of piperidine rings is 1. The zero-order valence-corrected chi connectivity index (χ0v) is 8.99. The predicted octanol–water partition coefficient (Wildman–Crippen LogP) is 2.69. The largest absolute Gasteiger partial charge is 0.367 e. The lowest BCUT2D eigenvalue weighted by atomic mass is 10.1. The second kappa shape index (κ2) is 3.48. The first-order valence-corrected chi connectivity index (χ1v) is 5.75. The van der Waals surface area contributed by atoms with Crippen LogP contribution < -0.4 is 4.90 Å². The highest BCUT2D eigenvalue weighted by atomic mass is 19.1.